The predicted molar refractivity (Wildman–Crippen MR) is 65.4 cm³/mol. The molecule has 0 aliphatic heterocycles. The molecule has 4 nitrogen and oxygen atoms in total. The molecule has 0 aromatic heterocycles. The van der Waals surface area contributed by atoms with Crippen LogP contribution in [-0.2, 0) is 12.8 Å². The van der Waals surface area contributed by atoms with Crippen LogP contribution in [0.15, 0.2) is 12.1 Å². The zero-order chi connectivity index (χ0) is 12.3. The molecule has 0 spiro atoms. The van der Waals surface area contributed by atoms with Crippen molar-refractivity contribution in [2.45, 2.75) is 33.6 Å². The van der Waals surface area contributed by atoms with Gasteiger partial charge in [-0.15, -0.1) is 0 Å². The van der Waals surface area contributed by atoms with Crippen LogP contribution in [0.1, 0.15) is 31.9 Å². The summed E-state index contributed by atoms with van der Waals surface area (Å²) in [5, 5.41) is 10.9. The van der Waals surface area contributed by atoms with Gasteiger partial charge in [-0.2, -0.15) is 0 Å². The van der Waals surface area contributed by atoms with Crippen molar-refractivity contribution in [3.63, 3.8) is 0 Å². The van der Waals surface area contributed by atoms with Crippen molar-refractivity contribution < 1.29 is 4.92 Å². The van der Waals surface area contributed by atoms with Crippen LogP contribution in [-0.4, -0.2) is 4.92 Å². The molecule has 0 aliphatic carbocycles. The van der Waals surface area contributed by atoms with Crippen molar-refractivity contribution in [2.75, 3.05) is 5.73 Å². The zero-order valence-corrected chi connectivity index (χ0v) is 9.99. The Morgan fingerprint density at radius 1 is 1.44 bits per heavy atom. The molecule has 0 aliphatic rings. The fourth-order valence-electron chi connectivity index (χ4n) is 1.79. The Bertz CT molecular complexity index is 400. The number of nitro benzene ring substituents is 1. The second-order valence-electron chi connectivity index (χ2n) is 4.40. The highest BCUT2D eigenvalue weighted by Gasteiger charge is 2.16. The van der Waals surface area contributed by atoms with Gasteiger partial charge in [0.25, 0.3) is 5.69 Å². The van der Waals surface area contributed by atoms with Gasteiger partial charge >= 0.3 is 0 Å². The highest BCUT2D eigenvalue weighted by molar-refractivity contribution is 5.64. The SMILES string of the molecule is CCc1cc(CC(C)C)cc([N+](=O)[O-])c1N. The molecule has 1 aromatic carbocycles. The van der Waals surface area contributed by atoms with Crippen molar-refractivity contribution in [2.24, 2.45) is 5.92 Å². The molecule has 0 fully saturated rings. The summed E-state index contributed by atoms with van der Waals surface area (Å²) in [7, 11) is 0. The summed E-state index contributed by atoms with van der Waals surface area (Å²) in [5.41, 5.74) is 7.95. The molecule has 0 heterocycles. The summed E-state index contributed by atoms with van der Waals surface area (Å²) >= 11 is 0. The van der Waals surface area contributed by atoms with Gasteiger partial charge in [-0.25, -0.2) is 0 Å². The number of aryl methyl sites for hydroxylation is 1. The van der Waals surface area contributed by atoms with Crippen molar-refractivity contribution in [3.05, 3.63) is 33.4 Å². The highest BCUT2D eigenvalue weighted by Crippen LogP contribution is 2.28. The minimum Gasteiger partial charge on any atom is -0.393 e. The van der Waals surface area contributed by atoms with E-state index in [1.165, 1.54) is 0 Å². The summed E-state index contributed by atoms with van der Waals surface area (Å²) in [6, 6.07) is 3.57. The van der Waals surface area contributed by atoms with Crippen LogP contribution < -0.4 is 5.73 Å². The van der Waals surface area contributed by atoms with E-state index < -0.39 is 4.92 Å². The van der Waals surface area contributed by atoms with Crippen LogP contribution in [0.2, 0.25) is 0 Å². The van der Waals surface area contributed by atoms with Crippen molar-refractivity contribution in [1.29, 1.82) is 0 Å². The molecule has 4 heteroatoms. The Balaban J connectivity index is 3.23. The van der Waals surface area contributed by atoms with Gasteiger partial charge in [0.2, 0.25) is 0 Å². The van der Waals surface area contributed by atoms with Crippen LogP contribution in [0.5, 0.6) is 0 Å². The lowest BCUT2D eigenvalue weighted by Gasteiger charge is -2.09. The molecule has 0 atom stereocenters. The van der Waals surface area contributed by atoms with Crippen LogP contribution in [0, 0.1) is 16.0 Å². The molecular weight excluding hydrogens is 204 g/mol. The molecule has 0 saturated carbocycles. The van der Waals surface area contributed by atoms with Gasteiger partial charge in [0.15, 0.2) is 0 Å². The zero-order valence-electron chi connectivity index (χ0n) is 9.99. The monoisotopic (exact) mass is 222 g/mol. The first-order chi connectivity index (χ1) is 7.45. The van der Waals surface area contributed by atoms with E-state index in [2.05, 4.69) is 13.8 Å². The van der Waals surface area contributed by atoms with Crippen LogP contribution in [0.4, 0.5) is 11.4 Å². The number of benzene rings is 1. The third-order valence-corrected chi connectivity index (χ3v) is 2.53. The molecular formula is C12H18N2O2. The van der Waals surface area contributed by atoms with Gasteiger partial charge in [-0.05, 0) is 29.9 Å². The van der Waals surface area contributed by atoms with Gasteiger partial charge in [-0.3, -0.25) is 10.1 Å². The molecule has 1 aromatic rings. The molecule has 16 heavy (non-hydrogen) atoms. The van der Waals surface area contributed by atoms with E-state index in [0.29, 0.717) is 11.6 Å². The van der Waals surface area contributed by atoms with E-state index in [-0.39, 0.29) is 5.69 Å². The van der Waals surface area contributed by atoms with Gasteiger partial charge < -0.3 is 5.73 Å². The van der Waals surface area contributed by atoms with Crippen molar-refractivity contribution >= 4 is 11.4 Å². The molecule has 0 saturated heterocycles. The minimum absolute atomic E-state index is 0.0370. The van der Waals surface area contributed by atoms with E-state index in [1.807, 2.05) is 13.0 Å². The van der Waals surface area contributed by atoms with E-state index >= 15 is 0 Å². The summed E-state index contributed by atoms with van der Waals surface area (Å²) in [4.78, 5) is 10.4. The standard InChI is InChI=1S/C12H18N2O2/c1-4-10-6-9(5-8(2)3)7-11(12(10)13)14(15)16/h6-8H,4-5,13H2,1-3H3. The van der Waals surface area contributed by atoms with Gasteiger partial charge in [0, 0.05) is 6.07 Å². The maximum Gasteiger partial charge on any atom is 0.292 e. The van der Waals surface area contributed by atoms with Gasteiger partial charge in [0.1, 0.15) is 5.69 Å². The van der Waals surface area contributed by atoms with Gasteiger partial charge in [0.05, 0.1) is 4.92 Å². The first kappa shape index (κ1) is 12.5. The number of nitrogens with two attached hydrogens (primary N) is 1. The topological polar surface area (TPSA) is 69.2 Å². The maximum absolute atomic E-state index is 10.9. The first-order valence-corrected chi connectivity index (χ1v) is 5.51. The Morgan fingerprint density at radius 3 is 2.50 bits per heavy atom. The Hall–Kier alpha value is -1.58. The summed E-state index contributed by atoms with van der Waals surface area (Å²) in [6.45, 7) is 6.14. The Morgan fingerprint density at radius 2 is 2.06 bits per heavy atom. The fourth-order valence-corrected chi connectivity index (χ4v) is 1.79. The molecule has 88 valence electrons. The average Bonchev–Trinajstić information content (AvgIpc) is 2.19. The maximum atomic E-state index is 10.9. The lowest BCUT2D eigenvalue weighted by molar-refractivity contribution is -0.384. The van der Waals surface area contributed by atoms with Crippen LogP contribution in [0.3, 0.4) is 0 Å². The molecule has 2 N–H and O–H groups in total. The highest BCUT2D eigenvalue weighted by atomic mass is 16.6. The Kier molecular flexibility index (Phi) is 3.88. The van der Waals surface area contributed by atoms with E-state index in [4.69, 9.17) is 5.73 Å². The second-order valence-corrected chi connectivity index (χ2v) is 4.40. The van der Waals surface area contributed by atoms with Crippen LogP contribution >= 0.6 is 0 Å². The Labute approximate surface area is 95.6 Å². The average molecular weight is 222 g/mol. The second kappa shape index (κ2) is 4.96. The third-order valence-electron chi connectivity index (χ3n) is 2.53. The molecule has 0 radical (unpaired) electrons. The number of hydrogen-bond donors (Lipinski definition) is 1. The van der Waals surface area contributed by atoms with E-state index in [1.54, 1.807) is 6.07 Å². The lowest BCUT2D eigenvalue weighted by Crippen LogP contribution is -2.03. The summed E-state index contributed by atoms with van der Waals surface area (Å²) < 4.78 is 0. The molecule has 1 rings (SSSR count). The lowest BCUT2D eigenvalue weighted by atomic mass is 9.98. The number of hydrogen-bond acceptors (Lipinski definition) is 3. The van der Waals surface area contributed by atoms with Crippen molar-refractivity contribution in [1.82, 2.24) is 0 Å². The number of nitrogen functional groups attached to an aromatic ring is 1. The smallest absolute Gasteiger partial charge is 0.292 e. The predicted octanol–water partition coefficient (Wildman–Crippen LogP) is 2.94. The van der Waals surface area contributed by atoms with Gasteiger partial charge in [-0.1, -0.05) is 26.8 Å². The fraction of sp³-hybridized carbons (Fsp3) is 0.500. The normalized spacial score (nSPS) is 10.8. The number of anilines is 1. The van der Waals surface area contributed by atoms with E-state index in [0.717, 1.165) is 24.0 Å². The first-order valence-electron chi connectivity index (χ1n) is 5.51. The molecule has 0 bridgehead atoms. The number of nitro groups is 1. The van der Waals surface area contributed by atoms with Crippen molar-refractivity contribution in [3.8, 4) is 0 Å². The molecule has 0 amide bonds. The summed E-state index contributed by atoms with van der Waals surface area (Å²) in [5.74, 6) is 0.480. The minimum atomic E-state index is -0.404. The quantitative estimate of drug-likeness (QED) is 0.483. The largest absolute Gasteiger partial charge is 0.393 e. The number of nitrogens with zero attached hydrogens (tertiary/aromatic N) is 1. The van der Waals surface area contributed by atoms with Crippen LogP contribution in [0.25, 0.3) is 0 Å². The summed E-state index contributed by atoms with van der Waals surface area (Å²) in [6.07, 6.45) is 1.56. The van der Waals surface area contributed by atoms with E-state index in [9.17, 15) is 10.1 Å². The third kappa shape index (κ3) is 2.72. The number of rotatable bonds is 4. The molecule has 0 unspecified atom stereocenters.